The van der Waals surface area contributed by atoms with Crippen molar-refractivity contribution in [3.63, 3.8) is 0 Å². The quantitative estimate of drug-likeness (QED) is 0.625. The summed E-state index contributed by atoms with van der Waals surface area (Å²) in [4.78, 5) is 0. The van der Waals surface area contributed by atoms with E-state index in [0.29, 0.717) is 0 Å². The third-order valence-corrected chi connectivity index (χ3v) is 4.05. The van der Waals surface area contributed by atoms with Crippen molar-refractivity contribution >= 4 is 11.4 Å². The number of halogens is 2. The topological polar surface area (TPSA) is 12.0 Å². The van der Waals surface area contributed by atoms with Gasteiger partial charge in [-0.1, -0.05) is 42.5 Å². The summed E-state index contributed by atoms with van der Waals surface area (Å²) >= 11 is 0. The van der Waals surface area contributed by atoms with Crippen LogP contribution in [0, 0.1) is 18.6 Å². The fourth-order valence-corrected chi connectivity index (χ4v) is 2.63. The predicted octanol–water partition coefficient (Wildman–Crippen LogP) is 5.80. The SMILES string of the molecule is Cc1ccc(CCc2ccccc2)cc1Nc1ccc(F)cc1F. The van der Waals surface area contributed by atoms with Gasteiger partial charge in [-0.3, -0.25) is 0 Å². The Morgan fingerprint density at radius 2 is 1.50 bits per heavy atom. The van der Waals surface area contributed by atoms with Crippen molar-refractivity contribution in [1.82, 2.24) is 0 Å². The molecule has 3 heteroatoms. The number of rotatable bonds is 5. The molecule has 24 heavy (non-hydrogen) atoms. The molecule has 0 aliphatic carbocycles. The minimum absolute atomic E-state index is 0.278. The molecular formula is C21H19F2N. The number of aryl methyl sites for hydroxylation is 3. The second-order valence-electron chi connectivity index (χ2n) is 5.88. The number of anilines is 2. The Balaban J connectivity index is 1.76. The number of benzene rings is 3. The van der Waals surface area contributed by atoms with Crippen LogP contribution in [0.1, 0.15) is 16.7 Å². The Morgan fingerprint density at radius 3 is 2.25 bits per heavy atom. The summed E-state index contributed by atoms with van der Waals surface area (Å²) in [5.41, 5.74) is 4.60. The number of hydrogen-bond acceptors (Lipinski definition) is 1. The van der Waals surface area contributed by atoms with E-state index in [1.165, 1.54) is 23.3 Å². The molecule has 0 aliphatic heterocycles. The van der Waals surface area contributed by atoms with Crippen LogP contribution < -0.4 is 5.32 Å². The first-order chi connectivity index (χ1) is 11.6. The minimum atomic E-state index is -0.593. The van der Waals surface area contributed by atoms with Crippen LogP contribution in [0.3, 0.4) is 0 Å². The van der Waals surface area contributed by atoms with E-state index in [-0.39, 0.29) is 5.69 Å². The smallest absolute Gasteiger partial charge is 0.149 e. The van der Waals surface area contributed by atoms with Crippen molar-refractivity contribution in [3.8, 4) is 0 Å². The maximum absolute atomic E-state index is 13.8. The molecule has 0 bridgehead atoms. The Kier molecular flexibility index (Phi) is 4.90. The van der Waals surface area contributed by atoms with Gasteiger partial charge in [0.1, 0.15) is 11.6 Å². The summed E-state index contributed by atoms with van der Waals surface area (Å²) in [7, 11) is 0. The standard InChI is InChI=1S/C21H19F2N/c1-15-7-8-17(10-9-16-5-3-2-4-6-16)13-21(15)24-20-12-11-18(22)14-19(20)23/h2-8,11-14,24H,9-10H2,1H3. The molecule has 1 N–H and O–H groups in total. The van der Waals surface area contributed by atoms with Gasteiger partial charge in [0, 0.05) is 11.8 Å². The number of nitrogens with one attached hydrogen (secondary N) is 1. The van der Waals surface area contributed by atoms with E-state index < -0.39 is 11.6 Å². The van der Waals surface area contributed by atoms with Gasteiger partial charge >= 0.3 is 0 Å². The van der Waals surface area contributed by atoms with E-state index in [9.17, 15) is 8.78 Å². The Hall–Kier alpha value is -2.68. The fourth-order valence-electron chi connectivity index (χ4n) is 2.63. The first kappa shape index (κ1) is 16.2. The van der Waals surface area contributed by atoms with Gasteiger partial charge in [0.25, 0.3) is 0 Å². The van der Waals surface area contributed by atoms with Crippen molar-refractivity contribution in [3.05, 3.63) is 95.1 Å². The molecule has 0 aliphatic rings. The monoisotopic (exact) mass is 323 g/mol. The van der Waals surface area contributed by atoms with E-state index in [2.05, 4.69) is 23.5 Å². The maximum atomic E-state index is 13.8. The van der Waals surface area contributed by atoms with Gasteiger partial charge in [-0.15, -0.1) is 0 Å². The van der Waals surface area contributed by atoms with Crippen LogP contribution in [0.15, 0.2) is 66.7 Å². The van der Waals surface area contributed by atoms with Gasteiger partial charge in [0.15, 0.2) is 0 Å². The van der Waals surface area contributed by atoms with Crippen LogP contribution in [0.5, 0.6) is 0 Å². The van der Waals surface area contributed by atoms with Gasteiger partial charge in [0.05, 0.1) is 5.69 Å². The van der Waals surface area contributed by atoms with Crippen LogP contribution in [0.2, 0.25) is 0 Å². The molecule has 3 aromatic rings. The van der Waals surface area contributed by atoms with Gasteiger partial charge in [0.2, 0.25) is 0 Å². The second-order valence-corrected chi connectivity index (χ2v) is 5.88. The summed E-state index contributed by atoms with van der Waals surface area (Å²) in [5.74, 6) is -1.17. The highest BCUT2D eigenvalue weighted by atomic mass is 19.1. The lowest BCUT2D eigenvalue weighted by molar-refractivity contribution is 0.586. The van der Waals surface area contributed by atoms with Crippen LogP contribution >= 0.6 is 0 Å². The van der Waals surface area contributed by atoms with E-state index in [4.69, 9.17) is 0 Å². The molecular weight excluding hydrogens is 304 g/mol. The van der Waals surface area contributed by atoms with Crippen molar-refractivity contribution in [2.75, 3.05) is 5.32 Å². The first-order valence-corrected chi connectivity index (χ1v) is 7.97. The Labute approximate surface area is 141 Å². The Morgan fingerprint density at radius 1 is 0.750 bits per heavy atom. The lowest BCUT2D eigenvalue weighted by atomic mass is 10.0. The lowest BCUT2D eigenvalue weighted by Gasteiger charge is -2.12. The summed E-state index contributed by atoms with van der Waals surface area (Å²) in [6.45, 7) is 1.96. The number of hydrogen-bond donors (Lipinski definition) is 1. The van der Waals surface area contributed by atoms with Crippen molar-refractivity contribution in [1.29, 1.82) is 0 Å². The van der Waals surface area contributed by atoms with Gasteiger partial charge in [-0.25, -0.2) is 8.78 Å². The first-order valence-electron chi connectivity index (χ1n) is 7.97. The van der Waals surface area contributed by atoms with Crippen molar-refractivity contribution in [2.45, 2.75) is 19.8 Å². The molecule has 0 spiro atoms. The largest absolute Gasteiger partial charge is 0.353 e. The van der Waals surface area contributed by atoms with Gasteiger partial charge in [-0.05, 0) is 54.7 Å². The predicted molar refractivity (Wildman–Crippen MR) is 94.7 cm³/mol. The molecule has 3 rings (SSSR count). The van der Waals surface area contributed by atoms with Crippen LogP contribution in [0.4, 0.5) is 20.2 Å². The third-order valence-electron chi connectivity index (χ3n) is 4.05. The molecule has 0 saturated carbocycles. The highest BCUT2D eigenvalue weighted by Gasteiger charge is 2.07. The van der Waals surface area contributed by atoms with Crippen LogP contribution in [-0.2, 0) is 12.8 Å². The van der Waals surface area contributed by atoms with Crippen LogP contribution in [0.25, 0.3) is 0 Å². The molecule has 0 saturated heterocycles. The van der Waals surface area contributed by atoms with E-state index >= 15 is 0 Å². The van der Waals surface area contributed by atoms with Crippen molar-refractivity contribution < 1.29 is 8.78 Å². The average Bonchev–Trinajstić information content (AvgIpc) is 2.59. The van der Waals surface area contributed by atoms with E-state index in [1.807, 2.05) is 37.3 Å². The average molecular weight is 323 g/mol. The minimum Gasteiger partial charge on any atom is -0.353 e. The molecule has 122 valence electrons. The summed E-state index contributed by atoms with van der Waals surface area (Å²) < 4.78 is 26.9. The molecule has 0 heterocycles. The molecule has 0 fully saturated rings. The molecule has 0 radical (unpaired) electrons. The second kappa shape index (κ2) is 7.26. The summed E-state index contributed by atoms with van der Waals surface area (Å²) in [5, 5.41) is 3.06. The highest BCUT2D eigenvalue weighted by molar-refractivity contribution is 5.64. The third kappa shape index (κ3) is 3.99. The van der Waals surface area contributed by atoms with Gasteiger partial charge in [-0.2, -0.15) is 0 Å². The molecule has 0 aromatic heterocycles. The highest BCUT2D eigenvalue weighted by Crippen LogP contribution is 2.25. The Bertz CT molecular complexity index is 828. The molecule has 0 atom stereocenters. The van der Waals surface area contributed by atoms with Gasteiger partial charge < -0.3 is 5.32 Å². The van der Waals surface area contributed by atoms with Crippen molar-refractivity contribution in [2.24, 2.45) is 0 Å². The maximum Gasteiger partial charge on any atom is 0.149 e. The van der Waals surface area contributed by atoms with E-state index in [1.54, 1.807) is 0 Å². The zero-order valence-corrected chi connectivity index (χ0v) is 13.5. The molecule has 0 amide bonds. The molecule has 1 nitrogen and oxygen atoms in total. The van der Waals surface area contributed by atoms with E-state index in [0.717, 1.165) is 30.2 Å². The summed E-state index contributed by atoms with van der Waals surface area (Å²) in [6.07, 6.45) is 1.86. The normalized spacial score (nSPS) is 10.6. The lowest BCUT2D eigenvalue weighted by Crippen LogP contribution is -1.99. The molecule has 3 aromatic carbocycles. The fraction of sp³-hybridized carbons (Fsp3) is 0.143. The zero-order valence-electron chi connectivity index (χ0n) is 13.5. The zero-order chi connectivity index (χ0) is 16.9. The summed E-state index contributed by atoms with van der Waals surface area (Å²) in [6, 6.07) is 20.0. The van der Waals surface area contributed by atoms with Crippen LogP contribution in [-0.4, -0.2) is 0 Å². The molecule has 0 unspecified atom stereocenters.